The molecular formula is C25H28Cl2F2N2O2. The first-order chi connectivity index (χ1) is 15.2. The minimum absolute atomic E-state index is 0.0263. The molecule has 2 aromatic rings. The Bertz CT molecular complexity index is 1120. The van der Waals surface area contributed by atoms with Gasteiger partial charge >= 0.3 is 5.97 Å². The first-order valence-electron chi connectivity index (χ1n) is 10.9. The Morgan fingerprint density at radius 1 is 1.12 bits per heavy atom. The molecule has 0 amide bonds. The van der Waals surface area contributed by atoms with E-state index in [1.807, 2.05) is 25.7 Å². The summed E-state index contributed by atoms with van der Waals surface area (Å²) in [4.78, 5) is 15.2. The van der Waals surface area contributed by atoms with Gasteiger partial charge in [0, 0.05) is 22.5 Å². The fourth-order valence-electron chi connectivity index (χ4n) is 5.58. The Hall–Kier alpha value is -1.73. The summed E-state index contributed by atoms with van der Waals surface area (Å²) in [7, 11) is 0. The molecule has 4 unspecified atom stereocenters. The van der Waals surface area contributed by atoms with Crippen molar-refractivity contribution in [3.05, 3.63) is 69.2 Å². The van der Waals surface area contributed by atoms with E-state index < -0.39 is 46.9 Å². The quantitative estimate of drug-likeness (QED) is 0.418. The molecule has 2 aromatic carbocycles. The number of hydrogen-bond acceptors (Lipinski definition) is 4. The molecule has 4 atom stereocenters. The summed E-state index contributed by atoms with van der Waals surface area (Å²) in [6, 6.07) is 7.64. The molecule has 8 heteroatoms. The molecule has 2 fully saturated rings. The number of esters is 1. The Balaban J connectivity index is 2.06. The minimum Gasteiger partial charge on any atom is -0.443 e. The number of ether oxygens (including phenoxy) is 1. The van der Waals surface area contributed by atoms with Crippen molar-refractivity contribution in [3.8, 4) is 0 Å². The Labute approximate surface area is 203 Å². The molecule has 0 saturated carbocycles. The van der Waals surface area contributed by atoms with Crippen molar-refractivity contribution in [3.63, 3.8) is 0 Å². The van der Waals surface area contributed by atoms with Crippen LogP contribution in [0, 0.1) is 17.0 Å². The van der Waals surface area contributed by atoms with Crippen molar-refractivity contribution in [2.45, 2.75) is 70.3 Å². The number of hydrogen-bond donors (Lipinski definition) is 1. The molecule has 4 nitrogen and oxygen atoms in total. The molecule has 2 N–H and O–H groups in total. The molecule has 2 saturated heterocycles. The third-order valence-corrected chi connectivity index (χ3v) is 7.25. The molecule has 33 heavy (non-hydrogen) atoms. The van der Waals surface area contributed by atoms with Gasteiger partial charge in [-0.3, -0.25) is 4.79 Å². The van der Waals surface area contributed by atoms with E-state index in [-0.39, 0.29) is 16.0 Å². The first kappa shape index (κ1) is 24.4. The lowest BCUT2D eigenvalue weighted by atomic mass is 9.68. The maximum Gasteiger partial charge on any atom is 0.325 e. The first-order valence-corrected chi connectivity index (χ1v) is 11.6. The SMILES string of the molecule is CC(C)(C)CC1N2C(C(=O)OC2(C)C)C(c2cccc(Cl)c2)C1(N)c1cc(F)c(Cl)cc1F. The Morgan fingerprint density at radius 2 is 1.79 bits per heavy atom. The molecule has 0 radical (unpaired) electrons. The van der Waals surface area contributed by atoms with E-state index in [1.165, 1.54) is 0 Å². The summed E-state index contributed by atoms with van der Waals surface area (Å²) in [5, 5.41) is 0.124. The minimum atomic E-state index is -1.48. The van der Waals surface area contributed by atoms with E-state index in [0.717, 1.165) is 12.1 Å². The van der Waals surface area contributed by atoms with Gasteiger partial charge in [0.1, 0.15) is 17.7 Å². The van der Waals surface area contributed by atoms with E-state index in [4.69, 9.17) is 33.7 Å². The largest absolute Gasteiger partial charge is 0.443 e. The van der Waals surface area contributed by atoms with Crippen LogP contribution in [0.5, 0.6) is 0 Å². The lowest BCUT2D eigenvalue weighted by Crippen LogP contribution is -2.56. The van der Waals surface area contributed by atoms with Gasteiger partial charge in [-0.15, -0.1) is 0 Å². The van der Waals surface area contributed by atoms with Crippen LogP contribution in [0.1, 0.15) is 58.1 Å². The van der Waals surface area contributed by atoms with E-state index >= 15 is 4.39 Å². The van der Waals surface area contributed by atoms with Crippen molar-refractivity contribution in [1.82, 2.24) is 4.90 Å². The highest BCUT2D eigenvalue weighted by atomic mass is 35.5. The van der Waals surface area contributed by atoms with Gasteiger partial charge in [0.15, 0.2) is 5.72 Å². The standard InChI is InChI=1S/C25H28Cl2F2N2O2/c1-23(2,3)12-19-25(30,15-10-18(29)16(27)11-17(15)28)20(13-7-6-8-14(26)9-13)21-22(32)33-24(4,5)31(19)21/h6-11,19-21H,12,30H2,1-5H3. The van der Waals surface area contributed by atoms with Crippen LogP contribution < -0.4 is 5.73 Å². The molecular weight excluding hydrogens is 469 g/mol. The van der Waals surface area contributed by atoms with E-state index in [2.05, 4.69) is 0 Å². The van der Waals surface area contributed by atoms with Gasteiger partial charge in [0.25, 0.3) is 0 Å². The predicted octanol–water partition coefficient (Wildman–Crippen LogP) is 5.99. The fraction of sp³-hybridized carbons (Fsp3) is 0.480. The van der Waals surface area contributed by atoms with Crippen LogP contribution in [0.4, 0.5) is 8.78 Å². The normalized spacial score (nSPS) is 29.3. The molecule has 2 aliphatic heterocycles. The Kier molecular flexibility index (Phi) is 5.85. The van der Waals surface area contributed by atoms with Crippen LogP contribution >= 0.6 is 23.2 Å². The van der Waals surface area contributed by atoms with Crippen LogP contribution in [0.3, 0.4) is 0 Å². The van der Waals surface area contributed by atoms with Gasteiger partial charge in [-0.1, -0.05) is 56.1 Å². The number of carbonyl (C=O) groups excluding carboxylic acids is 1. The molecule has 2 aliphatic rings. The van der Waals surface area contributed by atoms with Crippen molar-refractivity contribution in [1.29, 1.82) is 0 Å². The monoisotopic (exact) mass is 496 g/mol. The number of nitrogens with zero attached hydrogens (tertiary/aromatic N) is 1. The molecule has 4 rings (SSSR count). The maximum absolute atomic E-state index is 15.5. The highest BCUT2D eigenvalue weighted by Gasteiger charge is 2.69. The smallest absolute Gasteiger partial charge is 0.325 e. The zero-order valence-corrected chi connectivity index (χ0v) is 20.8. The lowest BCUT2D eigenvalue weighted by molar-refractivity contribution is -0.152. The predicted molar refractivity (Wildman–Crippen MR) is 125 cm³/mol. The highest BCUT2D eigenvalue weighted by Crippen LogP contribution is 2.58. The fourth-order valence-corrected chi connectivity index (χ4v) is 5.93. The van der Waals surface area contributed by atoms with E-state index in [0.29, 0.717) is 17.0 Å². The van der Waals surface area contributed by atoms with Crippen LogP contribution in [-0.4, -0.2) is 28.7 Å². The second-order valence-electron chi connectivity index (χ2n) is 10.7. The zero-order valence-electron chi connectivity index (χ0n) is 19.3. The van der Waals surface area contributed by atoms with Gasteiger partial charge in [0.2, 0.25) is 0 Å². The molecule has 2 heterocycles. The average Bonchev–Trinajstić information content (AvgIpc) is 3.06. The summed E-state index contributed by atoms with van der Waals surface area (Å²) in [6.07, 6.45) is 0.501. The number of cyclic esters (lactones) is 1. The van der Waals surface area contributed by atoms with Crippen LogP contribution in [-0.2, 0) is 15.1 Å². The number of carbonyl (C=O) groups is 1. The van der Waals surface area contributed by atoms with Gasteiger partial charge in [-0.2, -0.15) is 0 Å². The number of fused-ring (bicyclic) bond motifs is 1. The van der Waals surface area contributed by atoms with Gasteiger partial charge < -0.3 is 10.5 Å². The van der Waals surface area contributed by atoms with Gasteiger partial charge in [-0.05, 0) is 55.5 Å². The maximum atomic E-state index is 15.5. The zero-order chi connectivity index (χ0) is 24.5. The number of benzene rings is 2. The number of rotatable bonds is 3. The lowest BCUT2D eigenvalue weighted by Gasteiger charge is -2.44. The second-order valence-corrected chi connectivity index (χ2v) is 11.6. The molecule has 0 bridgehead atoms. The van der Waals surface area contributed by atoms with Crippen molar-refractivity contribution < 1.29 is 18.3 Å². The summed E-state index contributed by atoms with van der Waals surface area (Å²) in [6.45, 7) is 9.71. The van der Waals surface area contributed by atoms with E-state index in [1.54, 1.807) is 38.1 Å². The third kappa shape index (κ3) is 3.95. The van der Waals surface area contributed by atoms with E-state index in [9.17, 15) is 9.18 Å². The van der Waals surface area contributed by atoms with Crippen LogP contribution in [0.25, 0.3) is 0 Å². The topological polar surface area (TPSA) is 55.6 Å². The number of halogens is 4. The summed E-state index contributed by atoms with van der Waals surface area (Å²) in [5.74, 6) is -2.69. The molecule has 0 aromatic heterocycles. The second kappa shape index (κ2) is 7.91. The number of nitrogens with two attached hydrogens (primary N) is 1. The summed E-state index contributed by atoms with van der Waals surface area (Å²) >= 11 is 12.2. The third-order valence-electron chi connectivity index (χ3n) is 6.72. The average molecular weight is 497 g/mol. The van der Waals surface area contributed by atoms with Crippen LogP contribution in [0.15, 0.2) is 36.4 Å². The Morgan fingerprint density at radius 3 is 2.39 bits per heavy atom. The molecule has 0 spiro atoms. The van der Waals surface area contributed by atoms with Gasteiger partial charge in [0.05, 0.1) is 10.6 Å². The highest BCUT2D eigenvalue weighted by molar-refractivity contribution is 6.31. The summed E-state index contributed by atoms with van der Waals surface area (Å²) in [5.41, 5.74) is 5.13. The van der Waals surface area contributed by atoms with Gasteiger partial charge in [-0.25, -0.2) is 13.7 Å². The van der Waals surface area contributed by atoms with Crippen LogP contribution in [0.2, 0.25) is 10.0 Å². The molecule has 0 aliphatic carbocycles. The molecule has 178 valence electrons. The van der Waals surface area contributed by atoms with Crippen molar-refractivity contribution in [2.24, 2.45) is 11.1 Å². The van der Waals surface area contributed by atoms with Crippen molar-refractivity contribution in [2.75, 3.05) is 0 Å². The van der Waals surface area contributed by atoms with Crippen molar-refractivity contribution >= 4 is 29.2 Å². The summed E-state index contributed by atoms with van der Waals surface area (Å²) < 4.78 is 35.9.